The Morgan fingerprint density at radius 1 is 0.550 bits per heavy atom. The maximum Gasteiger partial charge on any atom is 0.423 e. The summed E-state index contributed by atoms with van der Waals surface area (Å²) in [5.41, 5.74) is 0. The van der Waals surface area contributed by atoms with E-state index >= 15 is 0 Å². The lowest BCUT2D eigenvalue weighted by Gasteiger charge is -2.33. The lowest BCUT2D eigenvalue weighted by molar-refractivity contribution is -0.324. The number of hydrogen-bond donors (Lipinski definition) is 0. The Hall–Kier alpha value is 0.300. The molecule has 16 heteroatoms. The Morgan fingerprint density at radius 2 is 0.700 bits per heavy atom. The highest BCUT2D eigenvalue weighted by Gasteiger charge is 2.86. The third-order valence-electron chi connectivity index (χ3n) is 1.74. The fraction of sp³-hybridized carbons (Fsp3) is 1.00. The van der Waals surface area contributed by atoms with Gasteiger partial charge in [0.1, 0.15) is 0 Å². The van der Waals surface area contributed by atoms with E-state index in [2.05, 4.69) is 0 Å². The van der Waals surface area contributed by atoms with Gasteiger partial charge in [-0.1, -0.05) is 0 Å². The Labute approximate surface area is 120 Å². The van der Waals surface area contributed by atoms with Gasteiger partial charge in [-0.25, -0.2) is 16.8 Å². The lowest BCUT2D eigenvalue weighted by Crippen LogP contribution is -2.64. The fourth-order valence-corrected chi connectivity index (χ4v) is 2.76. The summed E-state index contributed by atoms with van der Waals surface area (Å²) in [7, 11) is -12.9. The lowest BCUT2D eigenvalue weighted by atomic mass is 10.2. The SMILES string of the molecule is O=S(=O)(Br)C(F)(F)C(F)(F)C(F)(F)C(F)(F)S(=O)(=O)Br. The van der Waals surface area contributed by atoms with Crippen molar-refractivity contribution in [3.05, 3.63) is 0 Å². The van der Waals surface area contributed by atoms with Crippen molar-refractivity contribution >= 4 is 46.2 Å². The molecule has 0 aliphatic carbocycles. The molecular weight excluding hydrogens is 488 g/mol. The van der Waals surface area contributed by atoms with E-state index in [1.165, 1.54) is 0 Å². The van der Waals surface area contributed by atoms with Crippen molar-refractivity contribution in [3.63, 3.8) is 0 Å². The molecule has 122 valence electrons. The first-order chi connectivity index (χ1) is 8.25. The first-order valence-electron chi connectivity index (χ1n) is 3.65. The van der Waals surface area contributed by atoms with Crippen LogP contribution in [-0.2, 0) is 16.5 Å². The van der Waals surface area contributed by atoms with Crippen LogP contribution in [0.4, 0.5) is 35.1 Å². The van der Waals surface area contributed by atoms with Gasteiger partial charge in [0.25, 0.3) is 16.5 Å². The maximum atomic E-state index is 12.8. The average molecular weight is 488 g/mol. The van der Waals surface area contributed by atoms with Crippen molar-refractivity contribution in [2.24, 2.45) is 0 Å². The van der Waals surface area contributed by atoms with E-state index in [0.717, 1.165) is 29.6 Å². The first-order valence-corrected chi connectivity index (χ1v) is 10.3. The summed E-state index contributed by atoms with van der Waals surface area (Å²) >= 11 is 1.90. The second-order valence-electron chi connectivity index (χ2n) is 3.06. The summed E-state index contributed by atoms with van der Waals surface area (Å²) in [6.07, 6.45) is 0. The van der Waals surface area contributed by atoms with Crippen LogP contribution in [0.25, 0.3) is 0 Å². The van der Waals surface area contributed by atoms with E-state index in [1.54, 1.807) is 0 Å². The van der Waals surface area contributed by atoms with Gasteiger partial charge in [-0.2, -0.15) is 35.1 Å². The molecule has 0 unspecified atom stereocenters. The molecule has 0 aromatic carbocycles. The zero-order valence-corrected chi connectivity index (χ0v) is 13.0. The molecule has 0 saturated carbocycles. The third-order valence-corrected chi connectivity index (χ3v) is 5.92. The highest BCUT2D eigenvalue weighted by molar-refractivity contribution is 9.48. The van der Waals surface area contributed by atoms with Crippen molar-refractivity contribution in [3.8, 4) is 0 Å². The van der Waals surface area contributed by atoms with E-state index in [-0.39, 0.29) is 0 Å². The number of halogens is 10. The van der Waals surface area contributed by atoms with Gasteiger partial charge in [-0.3, -0.25) is 0 Å². The van der Waals surface area contributed by atoms with Gasteiger partial charge in [-0.15, -0.1) is 0 Å². The smallest absolute Gasteiger partial charge is 0.210 e. The Kier molecular flexibility index (Phi) is 4.98. The molecule has 0 fully saturated rings. The predicted octanol–water partition coefficient (Wildman–Crippen LogP) is 2.89. The molecule has 0 bridgehead atoms. The Morgan fingerprint density at radius 3 is 0.800 bits per heavy atom. The minimum absolute atomic E-state index is 0.948. The van der Waals surface area contributed by atoms with Crippen LogP contribution in [0.1, 0.15) is 0 Å². The van der Waals surface area contributed by atoms with Crippen LogP contribution < -0.4 is 0 Å². The van der Waals surface area contributed by atoms with Crippen LogP contribution in [0, 0.1) is 0 Å². The maximum absolute atomic E-state index is 12.8. The fourth-order valence-electron chi connectivity index (χ4n) is 0.672. The van der Waals surface area contributed by atoms with Gasteiger partial charge in [0.05, 0.1) is 29.6 Å². The minimum atomic E-state index is -7.24. The van der Waals surface area contributed by atoms with Crippen LogP contribution in [0.15, 0.2) is 0 Å². The standard InChI is InChI=1S/C4Br2F8O4S2/c5-19(15,16)3(11,12)1(7,8)2(9,10)4(13,14)20(6,17)18. The minimum Gasteiger partial charge on any atom is -0.210 e. The quantitative estimate of drug-likeness (QED) is 0.442. The van der Waals surface area contributed by atoms with E-state index in [1.807, 2.05) is 0 Å². The summed E-state index contributed by atoms with van der Waals surface area (Å²) in [5, 5.41) is -13.4. The normalized spacial score (nSPS) is 16.3. The number of hydrogen-bond acceptors (Lipinski definition) is 4. The molecule has 0 aromatic heterocycles. The van der Waals surface area contributed by atoms with Crippen LogP contribution in [0.2, 0.25) is 0 Å². The molecule has 0 heterocycles. The third kappa shape index (κ3) is 2.67. The average Bonchev–Trinajstić information content (AvgIpc) is 2.12. The molecule has 20 heavy (non-hydrogen) atoms. The van der Waals surface area contributed by atoms with Crippen LogP contribution in [0.5, 0.6) is 0 Å². The molecule has 0 aliphatic rings. The monoisotopic (exact) mass is 486 g/mol. The zero-order valence-electron chi connectivity index (χ0n) is 8.23. The van der Waals surface area contributed by atoms with E-state index in [9.17, 15) is 52.0 Å². The highest BCUT2D eigenvalue weighted by atomic mass is 79.9. The van der Waals surface area contributed by atoms with Crippen LogP contribution >= 0.6 is 29.6 Å². The van der Waals surface area contributed by atoms with Gasteiger partial charge in [-0.05, 0) is 0 Å². The number of rotatable bonds is 5. The molecule has 0 N–H and O–H groups in total. The van der Waals surface area contributed by atoms with Gasteiger partial charge in [0, 0.05) is 0 Å². The Bertz CT molecular complexity index is 542. The van der Waals surface area contributed by atoms with E-state index in [0.29, 0.717) is 0 Å². The van der Waals surface area contributed by atoms with Crippen molar-refractivity contribution in [1.82, 2.24) is 0 Å². The predicted molar refractivity (Wildman–Crippen MR) is 55.5 cm³/mol. The topological polar surface area (TPSA) is 68.3 Å². The second-order valence-corrected chi connectivity index (χ2v) is 10.9. The summed E-state index contributed by atoms with van der Waals surface area (Å²) in [4.78, 5) is 0. The molecule has 0 aromatic rings. The molecule has 0 amide bonds. The Balaban J connectivity index is 6.37. The van der Waals surface area contributed by atoms with Gasteiger partial charge < -0.3 is 0 Å². The summed E-state index contributed by atoms with van der Waals surface area (Å²) < 4.78 is 143. The summed E-state index contributed by atoms with van der Waals surface area (Å²) in [5.74, 6) is -14.5. The largest absolute Gasteiger partial charge is 0.423 e. The summed E-state index contributed by atoms with van der Waals surface area (Å²) in [6, 6.07) is 0. The highest BCUT2D eigenvalue weighted by Crippen LogP contribution is 2.57. The molecule has 0 rings (SSSR count). The first kappa shape index (κ1) is 20.3. The molecule has 0 aliphatic heterocycles. The van der Waals surface area contributed by atoms with Crippen LogP contribution in [0.3, 0.4) is 0 Å². The van der Waals surface area contributed by atoms with E-state index in [4.69, 9.17) is 0 Å². The zero-order chi connectivity index (χ0) is 17.0. The van der Waals surface area contributed by atoms with Gasteiger partial charge in [0.15, 0.2) is 0 Å². The molecule has 0 radical (unpaired) electrons. The molecule has 4 nitrogen and oxygen atoms in total. The summed E-state index contributed by atoms with van der Waals surface area (Å²) in [6.45, 7) is 0. The van der Waals surface area contributed by atoms with Crippen molar-refractivity contribution in [2.45, 2.75) is 22.4 Å². The molecule has 0 atom stereocenters. The van der Waals surface area contributed by atoms with Gasteiger partial charge in [0.2, 0.25) is 0 Å². The molecular formula is C4Br2F8O4S2. The molecule has 0 spiro atoms. The number of alkyl halides is 8. The van der Waals surface area contributed by atoms with Crippen molar-refractivity contribution < 1.29 is 52.0 Å². The van der Waals surface area contributed by atoms with Crippen LogP contribution in [-0.4, -0.2) is 39.2 Å². The molecule has 0 saturated heterocycles. The van der Waals surface area contributed by atoms with Crippen molar-refractivity contribution in [2.75, 3.05) is 0 Å². The van der Waals surface area contributed by atoms with E-state index < -0.39 is 38.9 Å². The van der Waals surface area contributed by atoms with Crippen molar-refractivity contribution in [1.29, 1.82) is 0 Å². The second kappa shape index (κ2) is 4.91. The van der Waals surface area contributed by atoms with Gasteiger partial charge >= 0.3 is 22.4 Å².